The molecule has 1 atom stereocenters. The van der Waals surface area contributed by atoms with E-state index in [1.807, 2.05) is 0 Å². The second-order valence-corrected chi connectivity index (χ2v) is 1.34. The van der Waals surface area contributed by atoms with Crippen LogP contribution in [0.4, 0.5) is 0 Å². The molecule has 28 valence electrons. The molecular weight excluding hydrogens is 367 g/mol. The second-order valence-electron chi connectivity index (χ2n) is 0.194. The Morgan fingerprint density at radius 1 is 1.80 bits per heavy atom. The van der Waals surface area contributed by atoms with E-state index in [-0.39, 0.29) is 0 Å². The molecule has 0 radical (unpaired) electrons. The Labute approximate surface area is 30.6 Å². The number of hydrogen-bond acceptors (Lipinski definition) is 2. The van der Waals surface area contributed by atoms with Crippen molar-refractivity contribution in [3.8, 4) is 0 Å². The predicted octanol–water partition coefficient (Wildman–Crippen LogP) is 0.0193. The third kappa shape index (κ3) is 18.5. The fourth-order valence-electron chi connectivity index (χ4n) is 0. The molecule has 2 nitrogen and oxygen atoms in total. The Morgan fingerprint density at radius 3 is 1.80 bits per heavy atom. The van der Waals surface area contributed by atoms with Crippen molar-refractivity contribution in [2.24, 2.45) is 0 Å². The Hall–Kier alpha value is -0.600. The van der Waals surface area contributed by atoms with Gasteiger partial charge < -0.3 is 4.55 Å². The van der Waals surface area contributed by atoms with Gasteiger partial charge in [-0.05, 0) is 10.7 Å². The van der Waals surface area contributed by atoms with Crippen molar-refractivity contribution in [3.05, 3.63) is 0 Å². The number of halogens is 1. The molecule has 0 aromatic rings. The SMILES string of the molecule is O=S([O-])Cl.[Rf]. The average Bonchev–Trinajstić information content (AvgIpc) is 0.811. The summed E-state index contributed by atoms with van der Waals surface area (Å²) in [5.41, 5.74) is 0. The van der Waals surface area contributed by atoms with Gasteiger partial charge in [-0.25, -0.2) is 0 Å². The van der Waals surface area contributed by atoms with Crippen molar-refractivity contribution >= 4 is 21.0 Å². The third-order valence-electron chi connectivity index (χ3n) is 0. The van der Waals surface area contributed by atoms with E-state index in [0.29, 0.717) is 0 Å². The summed E-state index contributed by atoms with van der Waals surface area (Å²) in [7, 11) is 1.80. The van der Waals surface area contributed by atoms with Gasteiger partial charge in [-0.3, -0.25) is 4.21 Å². The summed E-state index contributed by atoms with van der Waals surface area (Å²) in [5.74, 6) is 0. The van der Waals surface area contributed by atoms with Crippen LogP contribution in [0.25, 0.3) is 0 Å². The van der Waals surface area contributed by atoms with E-state index in [1.54, 1.807) is 0 Å². The molecule has 0 aliphatic heterocycles. The fraction of sp³-hybridized carbons (Fsp3) is 0. The first-order chi connectivity index (χ1) is 1.73. The Kier molecular flexibility index (Phi) is 6.00. The van der Waals surface area contributed by atoms with Crippen molar-refractivity contribution in [3.63, 3.8) is 0 Å². The summed E-state index contributed by atoms with van der Waals surface area (Å²) in [6.45, 7) is 0. The topological polar surface area (TPSA) is 40.1 Å². The smallest absolute Gasteiger partial charge is 0.0422 e. The minimum atomic E-state index is -2.39. The van der Waals surface area contributed by atoms with Gasteiger partial charge in [0.1, 0.15) is 0 Å². The van der Waals surface area contributed by atoms with Gasteiger partial charge in [0.15, 0.2) is 0 Å². The van der Waals surface area contributed by atoms with E-state index in [9.17, 15) is 0 Å². The standard InChI is InChI=1S/ClHO2S.Rf/c1-4(2)3;/h(H,2,3);/p-1. The molecule has 0 aliphatic rings. The van der Waals surface area contributed by atoms with Crippen molar-refractivity contribution < 1.29 is 8.76 Å². The molecule has 0 spiro atoms. The van der Waals surface area contributed by atoms with E-state index >= 15 is 0 Å². The summed E-state index contributed by atoms with van der Waals surface area (Å²) < 4.78 is 17.5. The molecule has 0 fully saturated rings. The summed E-state index contributed by atoms with van der Waals surface area (Å²) in [4.78, 5) is 0. The van der Waals surface area contributed by atoms with Crippen LogP contribution < -0.4 is 0 Å². The summed E-state index contributed by atoms with van der Waals surface area (Å²) in [6, 6.07) is 0. The quantitative estimate of drug-likeness (QED) is 0.448. The summed E-state index contributed by atoms with van der Waals surface area (Å²) in [6.07, 6.45) is 0. The predicted molar refractivity (Wildman–Crippen MR) is 14.8 cm³/mol. The number of hydrogen-bond donors (Lipinski definition) is 0. The minimum absolute atomic E-state index is 0. The first-order valence-electron chi connectivity index (χ1n) is 0.488. The van der Waals surface area contributed by atoms with Crippen molar-refractivity contribution in [2.75, 3.05) is 0 Å². The molecule has 0 amide bonds. The van der Waals surface area contributed by atoms with E-state index in [0.717, 1.165) is 0 Å². The molecule has 1 unspecified atom stereocenters. The van der Waals surface area contributed by atoms with E-state index in [4.69, 9.17) is 8.76 Å². The Bertz CT molecular complexity index is 32.6. The molecule has 0 aliphatic carbocycles. The van der Waals surface area contributed by atoms with Gasteiger partial charge in [0.25, 0.3) is 0 Å². The first-order valence-corrected chi connectivity index (χ1v) is 2.39. The molecular formula is ClO2RfS-. The third-order valence-corrected chi connectivity index (χ3v) is 0. The van der Waals surface area contributed by atoms with Crippen LogP contribution in [0.1, 0.15) is 0 Å². The van der Waals surface area contributed by atoms with Crippen LogP contribution in [0, 0.1) is 0 Å². The Balaban J connectivity index is 0. The van der Waals surface area contributed by atoms with E-state index in [2.05, 4.69) is 10.7 Å². The molecule has 5 heteroatoms. The van der Waals surface area contributed by atoms with Gasteiger partial charge in [-0.1, -0.05) is 0 Å². The van der Waals surface area contributed by atoms with Gasteiger partial charge in [0.05, 0.1) is 0 Å². The minimum Gasteiger partial charge on any atom is -0.760 e. The molecule has 0 heterocycles. The molecule has 0 saturated carbocycles. The fourth-order valence-corrected chi connectivity index (χ4v) is 0. The summed E-state index contributed by atoms with van der Waals surface area (Å²) in [5, 5.41) is 0. The zero-order chi connectivity index (χ0) is 3.58. The molecule has 0 rings (SSSR count). The molecule has 0 saturated heterocycles. The van der Waals surface area contributed by atoms with Crippen molar-refractivity contribution in [2.45, 2.75) is 0 Å². The van der Waals surface area contributed by atoms with Crippen molar-refractivity contribution in [1.29, 1.82) is 0 Å². The number of rotatable bonds is 0. The normalized spacial score (nSPS) is 12.4. The van der Waals surface area contributed by atoms with Crippen LogP contribution in [0.3, 0.4) is 0 Å². The maximum atomic E-state index is 8.77. The van der Waals surface area contributed by atoms with Crippen LogP contribution in [-0.4, -0.2) is 8.76 Å². The van der Waals surface area contributed by atoms with Gasteiger partial charge in [-0.15, -0.1) is 0 Å². The van der Waals surface area contributed by atoms with E-state index < -0.39 is 10.3 Å². The largest absolute Gasteiger partial charge is 0.760 e. The van der Waals surface area contributed by atoms with Gasteiger partial charge in [-0.2, -0.15) is 0 Å². The van der Waals surface area contributed by atoms with Crippen LogP contribution in [0.5, 0.6) is 0 Å². The zero-order valence-corrected chi connectivity index (χ0v) is 10.3. The van der Waals surface area contributed by atoms with Gasteiger partial charge >= 0.3 is 0 Å². The Morgan fingerprint density at radius 2 is 1.80 bits per heavy atom. The molecule has 0 aromatic carbocycles. The molecule has 0 bridgehead atoms. The van der Waals surface area contributed by atoms with Crippen LogP contribution in [-0.2, 0) is 10.3 Å². The maximum Gasteiger partial charge on any atom is 0.0422 e. The molecule has 0 N–H and O–H groups in total. The second kappa shape index (κ2) is 3.40. The van der Waals surface area contributed by atoms with Crippen LogP contribution >= 0.6 is 10.7 Å². The maximum absolute atomic E-state index is 8.77. The van der Waals surface area contributed by atoms with Gasteiger partial charge in [0.2, 0.25) is 0 Å². The zero-order valence-electron chi connectivity index (χ0n) is 2.31. The molecule has 0 aromatic heterocycles. The van der Waals surface area contributed by atoms with Gasteiger partial charge in [0, 0.05) is 10.3 Å². The monoisotopic (exact) mass is 366 g/mol. The first kappa shape index (κ1) is 8.83. The average molecular weight is 367 g/mol. The van der Waals surface area contributed by atoms with E-state index in [1.165, 1.54) is 0 Å². The summed E-state index contributed by atoms with van der Waals surface area (Å²) >= 11 is 0. The van der Waals surface area contributed by atoms with Crippen LogP contribution in [0.2, 0.25) is 0 Å². The van der Waals surface area contributed by atoms with Crippen LogP contribution in [0.15, 0.2) is 0 Å². The van der Waals surface area contributed by atoms with Crippen molar-refractivity contribution in [1.82, 2.24) is 0 Å². The molecule has 5 heavy (non-hydrogen) atoms.